The predicted octanol–water partition coefficient (Wildman–Crippen LogP) is 6.06. The molecule has 1 fully saturated rings. The van der Waals surface area contributed by atoms with Crippen LogP contribution in [0.25, 0.3) is 0 Å². The minimum atomic E-state index is -4.63. The molecule has 0 amide bonds. The van der Waals surface area contributed by atoms with Gasteiger partial charge in [0.05, 0.1) is 51.5 Å². The average molecular weight is 580 g/mol. The Balaban J connectivity index is 1.38. The molecule has 2 heterocycles. The number of alkyl halides is 3. The second-order valence-corrected chi connectivity index (χ2v) is 9.93. The van der Waals surface area contributed by atoms with Crippen molar-refractivity contribution in [2.45, 2.75) is 50.4 Å². The van der Waals surface area contributed by atoms with Crippen LogP contribution in [0.4, 0.5) is 19.0 Å². The molecule has 3 aromatic carbocycles. The van der Waals surface area contributed by atoms with Gasteiger partial charge in [-0.2, -0.15) is 13.2 Å². The summed E-state index contributed by atoms with van der Waals surface area (Å²) in [6.45, 7) is 1.30. The van der Waals surface area contributed by atoms with Crippen LogP contribution in [-0.4, -0.2) is 47.5 Å². The fourth-order valence-corrected chi connectivity index (χ4v) is 4.70. The van der Waals surface area contributed by atoms with Gasteiger partial charge in [0.25, 0.3) is 0 Å². The Morgan fingerprint density at radius 3 is 1.86 bits per heavy atom. The maximum absolute atomic E-state index is 13.3. The lowest BCUT2D eigenvalue weighted by atomic mass is 9.97. The molecule has 1 aliphatic heterocycles. The summed E-state index contributed by atoms with van der Waals surface area (Å²) < 4.78 is 65.2. The van der Waals surface area contributed by atoms with Gasteiger partial charge in [-0.05, 0) is 16.7 Å². The SMILES string of the molecule is FC(F)(F)c1cncc(N[C@@H]2CO[C@H](COCc3ccccc3)[C@H](OCc3ccccc3)[C@@H]2OCc2ccccc2)n1. The Bertz CT molecular complexity index is 1360. The standard InChI is InChI=1S/C32H32F3N3O4/c33-32(34,35)28-16-36-17-29(38-28)37-26-21-40-27(22-39-18-23-10-4-1-5-11-23)31(42-20-25-14-8-3-9-15-25)30(26)41-19-24-12-6-2-7-13-24/h1-17,26-27,30-31H,18-22H2,(H,37,38)/t26-,27-,30-,31+/m1/s1. The number of nitrogens with one attached hydrogen (secondary N) is 1. The van der Waals surface area contributed by atoms with Crippen LogP contribution < -0.4 is 5.32 Å². The second-order valence-electron chi connectivity index (χ2n) is 9.93. The van der Waals surface area contributed by atoms with Gasteiger partial charge in [0.15, 0.2) is 5.69 Å². The first-order valence-electron chi connectivity index (χ1n) is 13.7. The molecule has 0 radical (unpaired) electrons. The number of anilines is 1. The fraction of sp³-hybridized carbons (Fsp3) is 0.312. The van der Waals surface area contributed by atoms with E-state index >= 15 is 0 Å². The molecule has 1 saturated heterocycles. The molecule has 0 saturated carbocycles. The molecule has 1 N–H and O–H groups in total. The molecule has 4 aromatic rings. The number of ether oxygens (including phenoxy) is 4. The summed E-state index contributed by atoms with van der Waals surface area (Å²) in [5.41, 5.74) is 1.84. The van der Waals surface area contributed by atoms with E-state index in [-0.39, 0.29) is 32.2 Å². The van der Waals surface area contributed by atoms with Crippen LogP contribution in [0, 0.1) is 0 Å². The smallest absolute Gasteiger partial charge is 0.374 e. The Morgan fingerprint density at radius 1 is 0.738 bits per heavy atom. The highest BCUT2D eigenvalue weighted by molar-refractivity contribution is 5.35. The van der Waals surface area contributed by atoms with Crippen LogP contribution in [-0.2, 0) is 44.9 Å². The van der Waals surface area contributed by atoms with E-state index in [9.17, 15) is 13.2 Å². The highest BCUT2D eigenvalue weighted by Gasteiger charge is 2.43. The number of halogens is 3. The lowest BCUT2D eigenvalue weighted by molar-refractivity contribution is -0.201. The van der Waals surface area contributed by atoms with E-state index in [0.29, 0.717) is 12.8 Å². The normalized spacial score (nSPS) is 20.7. The van der Waals surface area contributed by atoms with Crippen LogP contribution in [0.15, 0.2) is 103 Å². The number of aromatic nitrogens is 2. The first kappa shape index (κ1) is 29.7. The molecule has 0 unspecified atom stereocenters. The Morgan fingerprint density at radius 2 is 1.29 bits per heavy atom. The Kier molecular flexibility index (Phi) is 10.1. The van der Waals surface area contributed by atoms with E-state index in [1.54, 1.807) is 0 Å². The van der Waals surface area contributed by atoms with Gasteiger partial charge in [0.2, 0.25) is 0 Å². The fourth-order valence-electron chi connectivity index (χ4n) is 4.70. The molecule has 4 atom stereocenters. The van der Waals surface area contributed by atoms with Crippen molar-refractivity contribution in [1.29, 1.82) is 0 Å². The predicted molar refractivity (Wildman–Crippen MR) is 150 cm³/mol. The van der Waals surface area contributed by atoms with E-state index in [0.717, 1.165) is 16.7 Å². The van der Waals surface area contributed by atoms with Crippen molar-refractivity contribution in [2.24, 2.45) is 0 Å². The number of nitrogens with zero attached hydrogens (tertiary/aromatic N) is 2. The van der Waals surface area contributed by atoms with Crippen molar-refractivity contribution >= 4 is 5.82 Å². The minimum Gasteiger partial charge on any atom is -0.374 e. The molecule has 220 valence electrons. The van der Waals surface area contributed by atoms with Crippen molar-refractivity contribution in [3.63, 3.8) is 0 Å². The molecule has 0 bridgehead atoms. The summed E-state index contributed by atoms with van der Waals surface area (Å²) in [6.07, 6.45) is -4.42. The van der Waals surface area contributed by atoms with Gasteiger partial charge in [-0.3, -0.25) is 4.98 Å². The molecular formula is C32H32F3N3O4. The van der Waals surface area contributed by atoms with Crippen molar-refractivity contribution in [3.05, 3.63) is 126 Å². The highest BCUT2D eigenvalue weighted by Crippen LogP contribution is 2.29. The molecule has 7 nitrogen and oxygen atoms in total. The molecular weight excluding hydrogens is 547 g/mol. The summed E-state index contributed by atoms with van der Waals surface area (Å²) in [7, 11) is 0. The summed E-state index contributed by atoms with van der Waals surface area (Å²) in [5, 5.41) is 3.07. The second kappa shape index (κ2) is 14.4. The first-order chi connectivity index (χ1) is 20.5. The summed E-state index contributed by atoms with van der Waals surface area (Å²) in [4.78, 5) is 7.47. The minimum absolute atomic E-state index is 0.0349. The number of rotatable bonds is 12. The number of hydrogen-bond donors (Lipinski definition) is 1. The largest absolute Gasteiger partial charge is 0.434 e. The topological polar surface area (TPSA) is 74.7 Å². The van der Waals surface area contributed by atoms with Crippen LogP contribution >= 0.6 is 0 Å². The van der Waals surface area contributed by atoms with E-state index in [1.807, 2.05) is 91.0 Å². The third-order valence-corrected chi connectivity index (χ3v) is 6.80. The number of benzene rings is 3. The lowest BCUT2D eigenvalue weighted by Crippen LogP contribution is -2.59. The van der Waals surface area contributed by atoms with Gasteiger partial charge in [-0.15, -0.1) is 0 Å². The average Bonchev–Trinajstić information content (AvgIpc) is 3.01. The van der Waals surface area contributed by atoms with E-state index < -0.39 is 36.2 Å². The zero-order chi connectivity index (χ0) is 29.2. The van der Waals surface area contributed by atoms with Crippen LogP contribution in [0.1, 0.15) is 22.4 Å². The van der Waals surface area contributed by atoms with Gasteiger partial charge in [0, 0.05) is 0 Å². The maximum atomic E-state index is 13.3. The van der Waals surface area contributed by atoms with Gasteiger partial charge >= 0.3 is 6.18 Å². The number of hydrogen-bond acceptors (Lipinski definition) is 7. The Hall–Kier alpha value is -3.83. The lowest BCUT2D eigenvalue weighted by Gasteiger charge is -2.42. The van der Waals surface area contributed by atoms with Crippen LogP contribution in [0.3, 0.4) is 0 Å². The van der Waals surface area contributed by atoms with Crippen molar-refractivity contribution in [2.75, 3.05) is 18.5 Å². The van der Waals surface area contributed by atoms with Crippen LogP contribution in [0.5, 0.6) is 0 Å². The molecule has 42 heavy (non-hydrogen) atoms. The van der Waals surface area contributed by atoms with E-state index in [1.165, 1.54) is 6.20 Å². The van der Waals surface area contributed by atoms with Gasteiger partial charge in [0.1, 0.15) is 24.1 Å². The maximum Gasteiger partial charge on any atom is 0.434 e. The summed E-state index contributed by atoms with van der Waals surface area (Å²) in [6, 6.07) is 28.5. The van der Waals surface area contributed by atoms with Crippen molar-refractivity contribution in [1.82, 2.24) is 9.97 Å². The molecule has 10 heteroatoms. The molecule has 5 rings (SSSR count). The molecule has 0 aliphatic carbocycles. The van der Waals surface area contributed by atoms with Gasteiger partial charge in [-0.25, -0.2) is 4.98 Å². The van der Waals surface area contributed by atoms with E-state index in [2.05, 4.69) is 15.3 Å². The molecule has 0 spiro atoms. The third-order valence-electron chi connectivity index (χ3n) is 6.80. The highest BCUT2D eigenvalue weighted by atomic mass is 19.4. The monoisotopic (exact) mass is 579 g/mol. The Labute approximate surface area is 242 Å². The van der Waals surface area contributed by atoms with Crippen molar-refractivity contribution in [3.8, 4) is 0 Å². The van der Waals surface area contributed by atoms with Crippen LogP contribution in [0.2, 0.25) is 0 Å². The molecule has 1 aromatic heterocycles. The first-order valence-corrected chi connectivity index (χ1v) is 13.7. The zero-order valence-electron chi connectivity index (χ0n) is 22.8. The van der Waals surface area contributed by atoms with Gasteiger partial charge < -0.3 is 24.3 Å². The summed E-state index contributed by atoms with van der Waals surface area (Å²) >= 11 is 0. The third kappa shape index (κ3) is 8.36. The van der Waals surface area contributed by atoms with Gasteiger partial charge in [-0.1, -0.05) is 91.0 Å². The van der Waals surface area contributed by atoms with E-state index in [4.69, 9.17) is 18.9 Å². The summed E-state index contributed by atoms with van der Waals surface area (Å²) in [5.74, 6) is -0.0349. The quantitative estimate of drug-likeness (QED) is 0.219. The zero-order valence-corrected chi connectivity index (χ0v) is 22.8. The van der Waals surface area contributed by atoms with Crippen molar-refractivity contribution < 1.29 is 32.1 Å². The molecule has 1 aliphatic rings.